The molecule has 2 atom stereocenters. The summed E-state index contributed by atoms with van der Waals surface area (Å²) in [6, 6.07) is 14.5. The summed E-state index contributed by atoms with van der Waals surface area (Å²) in [5, 5.41) is 17.3. The zero-order valence-corrected chi connectivity index (χ0v) is 21.4. The predicted molar refractivity (Wildman–Crippen MR) is 139 cm³/mol. The number of aromatic hydroxyl groups is 1. The lowest BCUT2D eigenvalue weighted by atomic mass is 9.81. The number of benzene rings is 3. The van der Waals surface area contributed by atoms with Crippen LogP contribution in [0, 0.1) is 12.7 Å². The molecule has 40 heavy (non-hydrogen) atoms. The van der Waals surface area contributed by atoms with E-state index in [4.69, 9.17) is 0 Å². The number of aromatic nitrogens is 2. The van der Waals surface area contributed by atoms with Gasteiger partial charge in [0.25, 0.3) is 11.8 Å². The summed E-state index contributed by atoms with van der Waals surface area (Å²) < 4.78 is 55.3. The Morgan fingerprint density at radius 3 is 2.40 bits per heavy atom. The highest BCUT2D eigenvalue weighted by atomic mass is 19.4. The Balaban J connectivity index is 1.66. The molecule has 3 aromatic carbocycles. The van der Waals surface area contributed by atoms with Crippen molar-refractivity contribution in [1.82, 2.24) is 15.1 Å². The van der Waals surface area contributed by atoms with Gasteiger partial charge >= 0.3 is 6.18 Å². The van der Waals surface area contributed by atoms with Crippen LogP contribution in [-0.4, -0.2) is 39.3 Å². The van der Waals surface area contributed by atoms with Gasteiger partial charge in [-0.15, -0.1) is 0 Å². The summed E-state index contributed by atoms with van der Waals surface area (Å²) in [5.74, 6) is -2.33. The topological polar surface area (TPSA) is 87.5 Å². The van der Waals surface area contributed by atoms with E-state index in [1.807, 2.05) is 0 Å². The first-order valence-corrected chi connectivity index (χ1v) is 12.4. The standard InChI is InChI=1S/C29H24F4N4O3/c1-3-36-27-23(16(2)35-37(27)21-8-5-9-22(38)15-21)24(17-10-12-20(30)13-11-17)25(28(36)40)34-26(39)18-6-4-7-19(14-18)29(31,32)33/h4-15,24-25,38H,3H2,1-2H3,(H,34,39). The lowest BCUT2D eigenvalue weighted by Crippen LogP contribution is -2.55. The molecule has 1 aliphatic rings. The minimum absolute atomic E-state index is 0.00843. The smallest absolute Gasteiger partial charge is 0.416 e. The molecule has 0 fully saturated rings. The van der Waals surface area contributed by atoms with Gasteiger partial charge in [-0.25, -0.2) is 9.07 Å². The second-order valence-electron chi connectivity index (χ2n) is 9.40. The monoisotopic (exact) mass is 552 g/mol. The molecule has 7 nitrogen and oxygen atoms in total. The Morgan fingerprint density at radius 2 is 1.75 bits per heavy atom. The van der Waals surface area contributed by atoms with Gasteiger partial charge in [0.1, 0.15) is 23.4 Å². The third-order valence-corrected chi connectivity index (χ3v) is 6.87. The predicted octanol–water partition coefficient (Wildman–Crippen LogP) is 5.34. The van der Waals surface area contributed by atoms with Crippen molar-refractivity contribution < 1.29 is 32.3 Å². The van der Waals surface area contributed by atoms with Gasteiger partial charge in [-0.1, -0.05) is 24.3 Å². The summed E-state index contributed by atoms with van der Waals surface area (Å²) in [4.78, 5) is 28.7. The minimum atomic E-state index is -4.65. The molecule has 2 unspecified atom stereocenters. The second kappa shape index (κ2) is 10.1. The van der Waals surface area contributed by atoms with Gasteiger partial charge in [0.2, 0.25) is 0 Å². The van der Waals surface area contributed by atoms with E-state index in [-0.39, 0.29) is 17.9 Å². The number of nitrogens with one attached hydrogen (secondary N) is 1. The number of fused-ring (bicyclic) bond motifs is 1. The third-order valence-electron chi connectivity index (χ3n) is 6.87. The highest BCUT2D eigenvalue weighted by Gasteiger charge is 2.45. The maximum absolute atomic E-state index is 14.0. The molecule has 2 amide bonds. The number of likely N-dealkylation sites (N-methyl/N-ethyl adjacent to an activating group) is 1. The van der Waals surface area contributed by atoms with Crippen LogP contribution in [0.25, 0.3) is 5.69 Å². The molecular formula is C29H24F4N4O3. The number of carbonyl (C=O) groups excluding carboxylic acids is 2. The van der Waals surface area contributed by atoms with Gasteiger partial charge in [0.15, 0.2) is 0 Å². The first-order valence-electron chi connectivity index (χ1n) is 12.4. The van der Waals surface area contributed by atoms with Gasteiger partial charge in [-0.2, -0.15) is 18.3 Å². The number of phenols is 1. The first-order chi connectivity index (χ1) is 19.0. The minimum Gasteiger partial charge on any atom is -0.508 e. The molecule has 1 aromatic heterocycles. The van der Waals surface area contributed by atoms with E-state index in [0.29, 0.717) is 28.3 Å². The number of hydrogen-bond donors (Lipinski definition) is 2. The van der Waals surface area contributed by atoms with E-state index in [2.05, 4.69) is 10.4 Å². The largest absolute Gasteiger partial charge is 0.508 e. The number of nitrogens with zero attached hydrogens (tertiary/aromatic N) is 3. The number of rotatable bonds is 5. The van der Waals surface area contributed by atoms with Gasteiger partial charge in [0.05, 0.1) is 16.9 Å². The van der Waals surface area contributed by atoms with Gasteiger partial charge < -0.3 is 10.4 Å². The first kappa shape index (κ1) is 26.9. The Bertz CT molecular complexity index is 1600. The third kappa shape index (κ3) is 4.78. The molecule has 4 aromatic rings. The van der Waals surface area contributed by atoms with Crippen molar-refractivity contribution in [1.29, 1.82) is 0 Å². The number of phenolic OH excluding ortho intramolecular Hbond substituents is 1. The summed E-state index contributed by atoms with van der Waals surface area (Å²) in [6.07, 6.45) is -4.65. The van der Waals surface area contributed by atoms with E-state index >= 15 is 0 Å². The number of hydrogen-bond acceptors (Lipinski definition) is 4. The lowest BCUT2D eigenvalue weighted by molar-refractivity contribution is -0.137. The van der Waals surface area contributed by atoms with E-state index in [9.17, 15) is 32.3 Å². The number of anilines is 1. The summed E-state index contributed by atoms with van der Waals surface area (Å²) >= 11 is 0. The van der Waals surface area contributed by atoms with Crippen LogP contribution >= 0.6 is 0 Å². The van der Waals surface area contributed by atoms with E-state index < -0.39 is 41.3 Å². The molecule has 0 spiro atoms. The van der Waals surface area contributed by atoms with Gasteiger partial charge in [-0.3, -0.25) is 14.5 Å². The molecule has 0 saturated heterocycles. The molecular weight excluding hydrogens is 528 g/mol. The fourth-order valence-electron chi connectivity index (χ4n) is 5.08. The maximum Gasteiger partial charge on any atom is 0.416 e. The molecule has 0 bridgehead atoms. The fraction of sp³-hybridized carbons (Fsp3) is 0.207. The molecule has 11 heteroatoms. The van der Waals surface area contributed by atoms with E-state index in [0.717, 1.165) is 18.2 Å². The van der Waals surface area contributed by atoms with Crippen molar-refractivity contribution >= 4 is 17.6 Å². The normalized spacial score (nSPS) is 17.1. The zero-order valence-electron chi connectivity index (χ0n) is 21.4. The Kier molecular flexibility index (Phi) is 6.82. The van der Waals surface area contributed by atoms with Crippen molar-refractivity contribution in [3.63, 3.8) is 0 Å². The maximum atomic E-state index is 14.0. The van der Waals surface area contributed by atoms with Crippen LogP contribution in [0.1, 0.15) is 45.6 Å². The van der Waals surface area contributed by atoms with Crippen LogP contribution in [0.5, 0.6) is 5.75 Å². The molecule has 2 heterocycles. The van der Waals surface area contributed by atoms with Crippen LogP contribution < -0.4 is 10.2 Å². The quantitative estimate of drug-likeness (QED) is 0.327. The van der Waals surface area contributed by atoms with Crippen molar-refractivity contribution in [3.05, 3.63) is 107 Å². The van der Waals surface area contributed by atoms with Gasteiger partial charge in [-0.05, 0) is 61.9 Å². The number of alkyl halides is 3. The van der Waals surface area contributed by atoms with Crippen molar-refractivity contribution in [3.8, 4) is 11.4 Å². The van der Waals surface area contributed by atoms with Crippen molar-refractivity contribution in [2.75, 3.05) is 11.4 Å². The highest BCUT2D eigenvalue weighted by Crippen LogP contribution is 2.43. The molecule has 5 rings (SSSR count). The van der Waals surface area contributed by atoms with Crippen LogP contribution in [0.4, 0.5) is 23.4 Å². The fourth-order valence-corrected chi connectivity index (χ4v) is 5.08. The molecule has 0 saturated carbocycles. The van der Waals surface area contributed by atoms with E-state index in [1.54, 1.807) is 26.0 Å². The number of halogens is 4. The Morgan fingerprint density at radius 1 is 1.05 bits per heavy atom. The molecule has 206 valence electrons. The molecule has 1 aliphatic heterocycles. The highest BCUT2D eigenvalue weighted by molar-refractivity contribution is 6.05. The van der Waals surface area contributed by atoms with Crippen LogP contribution in [-0.2, 0) is 11.0 Å². The average Bonchev–Trinajstić information content (AvgIpc) is 3.26. The second-order valence-corrected chi connectivity index (χ2v) is 9.40. The molecule has 2 N–H and O–H groups in total. The van der Waals surface area contributed by atoms with E-state index in [1.165, 1.54) is 52.0 Å². The van der Waals surface area contributed by atoms with Crippen LogP contribution in [0.3, 0.4) is 0 Å². The number of carbonyl (C=O) groups is 2. The molecule has 0 radical (unpaired) electrons. The zero-order chi connectivity index (χ0) is 28.8. The summed E-state index contributed by atoms with van der Waals surface area (Å²) in [6.45, 7) is 3.65. The van der Waals surface area contributed by atoms with Gasteiger partial charge in [0, 0.05) is 29.7 Å². The van der Waals surface area contributed by atoms with Crippen LogP contribution in [0.2, 0.25) is 0 Å². The van der Waals surface area contributed by atoms with Crippen molar-refractivity contribution in [2.24, 2.45) is 0 Å². The summed E-state index contributed by atoms with van der Waals surface area (Å²) in [5.41, 5.74) is 0.814. The molecule has 0 aliphatic carbocycles. The SMILES string of the molecule is CCN1C(=O)C(NC(=O)c2cccc(C(F)(F)F)c2)C(c2ccc(F)cc2)c2c(C)nn(-c3cccc(O)c3)c21. The number of amides is 2. The summed E-state index contributed by atoms with van der Waals surface area (Å²) in [7, 11) is 0. The average molecular weight is 553 g/mol. The number of aryl methyl sites for hydroxylation is 1. The lowest BCUT2D eigenvalue weighted by Gasteiger charge is -2.38. The Labute approximate surface area is 226 Å². The van der Waals surface area contributed by atoms with Crippen LogP contribution in [0.15, 0.2) is 72.8 Å². The van der Waals surface area contributed by atoms with Crippen molar-refractivity contribution in [2.45, 2.75) is 32.0 Å². The Hall–Kier alpha value is -4.67.